The van der Waals surface area contributed by atoms with Crippen molar-refractivity contribution in [3.8, 4) is 5.69 Å². The van der Waals surface area contributed by atoms with Gasteiger partial charge in [0, 0.05) is 35.2 Å². The summed E-state index contributed by atoms with van der Waals surface area (Å²) in [6, 6.07) is 15.3. The summed E-state index contributed by atoms with van der Waals surface area (Å²) in [7, 11) is 0. The minimum atomic E-state index is -0.0365. The number of amides is 1. The van der Waals surface area contributed by atoms with Gasteiger partial charge in [-0.3, -0.25) is 10.2 Å². The van der Waals surface area contributed by atoms with Crippen LogP contribution in [0.2, 0.25) is 0 Å². The van der Waals surface area contributed by atoms with Gasteiger partial charge in [-0.25, -0.2) is 4.98 Å². The number of nitrogens with zero attached hydrogens (tertiary/aromatic N) is 2. The van der Waals surface area contributed by atoms with E-state index in [9.17, 15) is 4.79 Å². The summed E-state index contributed by atoms with van der Waals surface area (Å²) in [6.07, 6.45) is 6.15. The van der Waals surface area contributed by atoms with Crippen LogP contribution in [0.5, 0.6) is 0 Å². The molecule has 1 fully saturated rings. The monoisotopic (exact) mass is 345 g/mol. The standard InChI is InChI=1S/C20H19N5O/c21-19(22)14-3-1-2-13(10-14)17-11-18(17)20(26)24-15-4-6-16(7-5-15)25-9-8-23-12-25/h1-10,12,17-18H,11H2,(H3,21,22)(H,24,26)/t17-,18-/m1/s1. The fourth-order valence-corrected chi connectivity index (χ4v) is 3.15. The van der Waals surface area contributed by atoms with E-state index in [-0.39, 0.29) is 23.6 Å². The SMILES string of the molecule is N=C(N)c1cccc([C@H]2C[C@H]2C(=O)Nc2ccc(-n3ccnc3)cc2)c1. The lowest BCUT2D eigenvalue weighted by Gasteiger charge is -2.07. The molecule has 26 heavy (non-hydrogen) atoms. The first-order chi connectivity index (χ1) is 12.6. The fourth-order valence-electron chi connectivity index (χ4n) is 3.15. The summed E-state index contributed by atoms with van der Waals surface area (Å²) in [5.74, 6) is 0.232. The molecule has 4 rings (SSSR count). The van der Waals surface area contributed by atoms with E-state index in [4.69, 9.17) is 11.1 Å². The lowest BCUT2D eigenvalue weighted by Crippen LogP contribution is -2.15. The molecule has 1 aliphatic rings. The smallest absolute Gasteiger partial charge is 0.228 e. The molecule has 4 N–H and O–H groups in total. The number of amidine groups is 1. The maximum Gasteiger partial charge on any atom is 0.228 e. The van der Waals surface area contributed by atoms with Crippen molar-refractivity contribution in [1.29, 1.82) is 5.41 Å². The molecule has 1 saturated carbocycles. The Labute approximate surface area is 151 Å². The molecule has 1 aliphatic carbocycles. The van der Waals surface area contributed by atoms with Crippen LogP contribution in [0.1, 0.15) is 23.5 Å². The quantitative estimate of drug-likeness (QED) is 0.490. The first-order valence-electron chi connectivity index (χ1n) is 8.45. The van der Waals surface area contributed by atoms with Gasteiger partial charge < -0.3 is 15.6 Å². The number of aromatic nitrogens is 2. The third-order valence-electron chi connectivity index (χ3n) is 4.69. The number of nitrogen functional groups attached to an aromatic ring is 1. The highest BCUT2D eigenvalue weighted by Crippen LogP contribution is 2.48. The van der Waals surface area contributed by atoms with E-state index in [0.29, 0.717) is 5.56 Å². The number of carbonyl (C=O) groups is 1. The van der Waals surface area contributed by atoms with Crippen LogP contribution in [0.4, 0.5) is 5.69 Å². The van der Waals surface area contributed by atoms with E-state index in [1.807, 2.05) is 59.3 Å². The Kier molecular flexibility index (Phi) is 4.01. The van der Waals surface area contributed by atoms with Crippen LogP contribution in [0.15, 0.2) is 67.3 Å². The maximum atomic E-state index is 12.5. The number of rotatable bonds is 5. The minimum absolute atomic E-state index is 0.0265. The number of imidazole rings is 1. The average Bonchev–Trinajstić information content (AvgIpc) is 3.28. The fraction of sp³-hybridized carbons (Fsp3) is 0.150. The number of benzene rings is 2. The Hall–Kier alpha value is -3.41. The summed E-state index contributed by atoms with van der Waals surface area (Å²) in [5.41, 5.74) is 9.08. The van der Waals surface area contributed by atoms with Crippen molar-refractivity contribution in [2.75, 3.05) is 5.32 Å². The number of nitrogens with two attached hydrogens (primary N) is 1. The van der Waals surface area contributed by atoms with E-state index >= 15 is 0 Å². The van der Waals surface area contributed by atoms with Gasteiger partial charge in [-0.15, -0.1) is 0 Å². The molecule has 1 aromatic heterocycles. The molecule has 0 bridgehead atoms. The van der Waals surface area contributed by atoms with Gasteiger partial charge in [0.25, 0.3) is 0 Å². The molecule has 6 nitrogen and oxygen atoms in total. The Morgan fingerprint density at radius 1 is 1.23 bits per heavy atom. The first-order valence-corrected chi connectivity index (χ1v) is 8.45. The van der Waals surface area contributed by atoms with Gasteiger partial charge in [-0.1, -0.05) is 18.2 Å². The lowest BCUT2D eigenvalue weighted by molar-refractivity contribution is -0.117. The third kappa shape index (κ3) is 3.21. The maximum absolute atomic E-state index is 12.5. The topological polar surface area (TPSA) is 96.8 Å². The van der Waals surface area contributed by atoms with Gasteiger partial charge in [0.2, 0.25) is 5.91 Å². The minimum Gasteiger partial charge on any atom is -0.384 e. The Balaban J connectivity index is 1.40. The molecular formula is C20H19N5O. The van der Waals surface area contributed by atoms with Crippen LogP contribution in [0, 0.1) is 11.3 Å². The van der Waals surface area contributed by atoms with Crippen molar-refractivity contribution in [3.05, 3.63) is 78.4 Å². The van der Waals surface area contributed by atoms with Crippen molar-refractivity contribution in [2.45, 2.75) is 12.3 Å². The summed E-state index contributed by atoms with van der Waals surface area (Å²) in [5, 5.41) is 10.5. The van der Waals surface area contributed by atoms with E-state index in [2.05, 4.69) is 10.3 Å². The van der Waals surface area contributed by atoms with Crippen molar-refractivity contribution >= 4 is 17.4 Å². The summed E-state index contributed by atoms with van der Waals surface area (Å²) in [4.78, 5) is 16.5. The molecule has 0 spiro atoms. The van der Waals surface area contributed by atoms with Crippen LogP contribution in [-0.4, -0.2) is 21.3 Å². The Morgan fingerprint density at radius 3 is 2.73 bits per heavy atom. The van der Waals surface area contributed by atoms with Crippen LogP contribution >= 0.6 is 0 Å². The number of anilines is 1. The molecule has 130 valence electrons. The largest absolute Gasteiger partial charge is 0.384 e. The molecule has 2 aromatic carbocycles. The van der Waals surface area contributed by atoms with Crippen LogP contribution < -0.4 is 11.1 Å². The van der Waals surface area contributed by atoms with E-state index in [1.165, 1.54) is 0 Å². The van der Waals surface area contributed by atoms with Crippen molar-refractivity contribution in [1.82, 2.24) is 9.55 Å². The number of carbonyl (C=O) groups excluding carboxylic acids is 1. The van der Waals surface area contributed by atoms with Gasteiger partial charge in [0.1, 0.15) is 5.84 Å². The second-order valence-electron chi connectivity index (χ2n) is 6.49. The lowest BCUT2D eigenvalue weighted by atomic mass is 10.0. The zero-order valence-electron chi connectivity index (χ0n) is 14.1. The van der Waals surface area contributed by atoms with E-state index in [0.717, 1.165) is 23.4 Å². The highest BCUT2D eigenvalue weighted by Gasteiger charge is 2.44. The molecule has 1 amide bonds. The van der Waals surface area contributed by atoms with Crippen molar-refractivity contribution < 1.29 is 4.79 Å². The molecule has 0 aliphatic heterocycles. The number of hydrogen-bond donors (Lipinski definition) is 3. The molecule has 0 unspecified atom stereocenters. The van der Waals surface area contributed by atoms with Gasteiger partial charge >= 0.3 is 0 Å². The van der Waals surface area contributed by atoms with Crippen LogP contribution in [0.25, 0.3) is 5.69 Å². The van der Waals surface area contributed by atoms with Gasteiger partial charge in [0.05, 0.1) is 6.33 Å². The Bertz CT molecular complexity index is 947. The highest BCUT2D eigenvalue weighted by atomic mass is 16.2. The predicted octanol–water partition coefficient (Wildman–Crippen LogP) is 2.90. The summed E-state index contributed by atoms with van der Waals surface area (Å²) < 4.78 is 1.91. The van der Waals surface area contributed by atoms with Crippen molar-refractivity contribution in [2.24, 2.45) is 11.7 Å². The van der Waals surface area contributed by atoms with Gasteiger partial charge in [0.15, 0.2) is 0 Å². The summed E-state index contributed by atoms with van der Waals surface area (Å²) >= 11 is 0. The van der Waals surface area contributed by atoms with Gasteiger partial charge in [-0.2, -0.15) is 0 Å². The molecule has 1 heterocycles. The second-order valence-corrected chi connectivity index (χ2v) is 6.49. The van der Waals surface area contributed by atoms with Crippen molar-refractivity contribution in [3.63, 3.8) is 0 Å². The van der Waals surface area contributed by atoms with Gasteiger partial charge in [-0.05, 0) is 48.2 Å². The second kappa shape index (κ2) is 6.48. The van der Waals surface area contributed by atoms with E-state index in [1.54, 1.807) is 12.5 Å². The summed E-state index contributed by atoms with van der Waals surface area (Å²) in [6.45, 7) is 0. The molecule has 2 atom stereocenters. The Morgan fingerprint density at radius 2 is 2.04 bits per heavy atom. The van der Waals surface area contributed by atoms with E-state index < -0.39 is 0 Å². The molecule has 3 aromatic rings. The molecule has 0 radical (unpaired) electrons. The molecule has 6 heteroatoms. The zero-order valence-corrected chi connectivity index (χ0v) is 14.1. The van der Waals surface area contributed by atoms with Crippen LogP contribution in [-0.2, 0) is 4.79 Å². The van der Waals surface area contributed by atoms with Crippen LogP contribution in [0.3, 0.4) is 0 Å². The third-order valence-corrected chi connectivity index (χ3v) is 4.69. The average molecular weight is 345 g/mol. The number of nitrogens with one attached hydrogen (secondary N) is 2. The normalized spacial score (nSPS) is 18.3. The molecule has 0 saturated heterocycles. The highest BCUT2D eigenvalue weighted by molar-refractivity contribution is 5.96. The first kappa shape index (κ1) is 16.1. The zero-order chi connectivity index (χ0) is 18.1. The molecular weight excluding hydrogens is 326 g/mol. The number of hydrogen-bond acceptors (Lipinski definition) is 3. The predicted molar refractivity (Wildman–Crippen MR) is 100 cm³/mol.